The van der Waals surface area contributed by atoms with Crippen LogP contribution in [0.1, 0.15) is 24.2 Å². The Labute approximate surface area is 122 Å². The molecule has 1 aliphatic rings. The number of nitrogens with zero attached hydrogens (tertiary/aromatic N) is 4. The van der Waals surface area contributed by atoms with E-state index in [1.54, 1.807) is 23.7 Å². The van der Waals surface area contributed by atoms with Crippen LogP contribution >= 0.6 is 11.3 Å². The molecule has 0 bridgehead atoms. The minimum absolute atomic E-state index is 0.573. The maximum Gasteiger partial charge on any atom is 0.145 e. The highest BCUT2D eigenvalue weighted by atomic mass is 32.1. The first kappa shape index (κ1) is 13.5. The van der Waals surface area contributed by atoms with Crippen molar-refractivity contribution in [3.8, 4) is 0 Å². The molecule has 20 heavy (non-hydrogen) atoms. The van der Waals surface area contributed by atoms with Gasteiger partial charge in [-0.25, -0.2) is 9.97 Å². The third-order valence-corrected chi connectivity index (χ3v) is 4.40. The van der Waals surface area contributed by atoms with Crippen molar-refractivity contribution in [3.05, 3.63) is 34.7 Å². The number of anilines is 1. The number of hydrogen-bond donors (Lipinski definition) is 1. The van der Waals surface area contributed by atoms with Crippen LogP contribution in [0.4, 0.5) is 5.82 Å². The molecule has 5 nitrogen and oxygen atoms in total. The number of nitrogens with two attached hydrogens (primary N) is 1. The van der Waals surface area contributed by atoms with Gasteiger partial charge in [-0.3, -0.25) is 9.88 Å². The lowest BCUT2D eigenvalue weighted by Gasteiger charge is -2.32. The van der Waals surface area contributed by atoms with E-state index in [1.165, 1.54) is 18.5 Å². The van der Waals surface area contributed by atoms with Crippen molar-refractivity contribution in [1.29, 1.82) is 0 Å². The molecule has 2 N–H and O–H groups in total. The molecule has 2 aromatic rings. The van der Waals surface area contributed by atoms with Gasteiger partial charge in [0, 0.05) is 30.9 Å². The van der Waals surface area contributed by atoms with Gasteiger partial charge in [-0.2, -0.15) is 0 Å². The van der Waals surface area contributed by atoms with Crippen molar-refractivity contribution < 1.29 is 0 Å². The van der Waals surface area contributed by atoms with E-state index in [2.05, 4.69) is 25.2 Å². The van der Waals surface area contributed by atoms with Gasteiger partial charge in [0.15, 0.2) is 0 Å². The number of nitrogen functional groups attached to an aromatic ring is 1. The highest BCUT2D eigenvalue weighted by Gasteiger charge is 2.21. The van der Waals surface area contributed by atoms with E-state index < -0.39 is 0 Å². The molecule has 0 spiro atoms. The summed E-state index contributed by atoms with van der Waals surface area (Å²) in [6, 6.07) is 0. The minimum atomic E-state index is 0.573. The highest BCUT2D eigenvalue weighted by Crippen LogP contribution is 2.22. The number of rotatable bonds is 4. The van der Waals surface area contributed by atoms with Crippen molar-refractivity contribution >= 4 is 17.2 Å². The van der Waals surface area contributed by atoms with E-state index in [0.29, 0.717) is 11.7 Å². The second-order valence-corrected chi connectivity index (χ2v) is 6.03. The Kier molecular flexibility index (Phi) is 4.22. The molecule has 0 aromatic carbocycles. The van der Waals surface area contributed by atoms with E-state index >= 15 is 0 Å². The topological polar surface area (TPSA) is 67.9 Å². The van der Waals surface area contributed by atoms with E-state index in [9.17, 15) is 0 Å². The summed E-state index contributed by atoms with van der Waals surface area (Å²) in [5.74, 6) is 1.19. The molecule has 0 unspecified atom stereocenters. The Morgan fingerprint density at radius 2 is 2.20 bits per heavy atom. The summed E-state index contributed by atoms with van der Waals surface area (Å²) < 4.78 is 0. The zero-order chi connectivity index (χ0) is 13.8. The summed E-state index contributed by atoms with van der Waals surface area (Å²) in [5, 5.41) is 2.13. The Hall–Kier alpha value is -1.53. The number of likely N-dealkylation sites (tertiary alicyclic amines) is 1. The SMILES string of the molecule is Nc1nccnc1C[C@H]1CCCN(Cc2cscn2)C1. The third kappa shape index (κ3) is 3.32. The number of hydrogen-bond acceptors (Lipinski definition) is 6. The van der Waals surface area contributed by atoms with E-state index in [4.69, 9.17) is 5.73 Å². The molecular weight excluding hydrogens is 270 g/mol. The predicted molar refractivity (Wildman–Crippen MR) is 80.3 cm³/mol. The van der Waals surface area contributed by atoms with Crippen LogP contribution in [-0.4, -0.2) is 32.9 Å². The van der Waals surface area contributed by atoms with Crippen LogP contribution in [0, 0.1) is 5.92 Å². The zero-order valence-corrected chi connectivity index (χ0v) is 12.2. The molecule has 0 aliphatic carbocycles. The smallest absolute Gasteiger partial charge is 0.145 e. The molecule has 0 saturated carbocycles. The zero-order valence-electron chi connectivity index (χ0n) is 11.4. The van der Waals surface area contributed by atoms with Crippen LogP contribution < -0.4 is 5.73 Å². The van der Waals surface area contributed by atoms with Gasteiger partial charge in [0.25, 0.3) is 0 Å². The summed E-state index contributed by atoms with van der Waals surface area (Å²) >= 11 is 1.66. The minimum Gasteiger partial charge on any atom is -0.382 e. The van der Waals surface area contributed by atoms with Crippen LogP contribution in [0.25, 0.3) is 0 Å². The molecule has 0 amide bonds. The predicted octanol–water partition coefficient (Wildman–Crippen LogP) is 1.97. The van der Waals surface area contributed by atoms with Crippen molar-refractivity contribution in [1.82, 2.24) is 19.9 Å². The van der Waals surface area contributed by atoms with Crippen LogP contribution in [0.15, 0.2) is 23.3 Å². The quantitative estimate of drug-likeness (QED) is 0.932. The molecule has 6 heteroatoms. The molecule has 1 saturated heterocycles. The Morgan fingerprint density at radius 3 is 3.00 bits per heavy atom. The van der Waals surface area contributed by atoms with Gasteiger partial charge in [0.05, 0.1) is 16.9 Å². The maximum atomic E-state index is 5.89. The fourth-order valence-corrected chi connectivity index (χ4v) is 3.36. The first-order valence-electron chi connectivity index (χ1n) is 6.96. The fourth-order valence-electron chi connectivity index (χ4n) is 2.81. The Balaban J connectivity index is 1.59. The van der Waals surface area contributed by atoms with Gasteiger partial charge < -0.3 is 5.73 Å². The highest BCUT2D eigenvalue weighted by molar-refractivity contribution is 7.07. The van der Waals surface area contributed by atoms with Gasteiger partial charge >= 0.3 is 0 Å². The van der Waals surface area contributed by atoms with E-state index in [0.717, 1.165) is 31.7 Å². The van der Waals surface area contributed by atoms with Crippen molar-refractivity contribution in [2.45, 2.75) is 25.8 Å². The molecule has 2 aromatic heterocycles. The molecule has 106 valence electrons. The molecule has 0 radical (unpaired) electrons. The Morgan fingerprint density at radius 1 is 1.30 bits per heavy atom. The molecule has 1 atom stereocenters. The largest absolute Gasteiger partial charge is 0.382 e. The van der Waals surface area contributed by atoms with E-state index in [1.807, 2.05) is 5.51 Å². The second-order valence-electron chi connectivity index (χ2n) is 5.32. The van der Waals surface area contributed by atoms with Gasteiger partial charge in [0.2, 0.25) is 0 Å². The molecule has 3 rings (SSSR count). The van der Waals surface area contributed by atoms with Gasteiger partial charge in [-0.05, 0) is 31.7 Å². The average Bonchev–Trinajstić information content (AvgIpc) is 2.95. The summed E-state index contributed by atoms with van der Waals surface area (Å²) in [4.78, 5) is 15.3. The first-order valence-corrected chi connectivity index (χ1v) is 7.90. The van der Waals surface area contributed by atoms with E-state index in [-0.39, 0.29) is 0 Å². The summed E-state index contributed by atoms with van der Waals surface area (Å²) in [7, 11) is 0. The van der Waals surface area contributed by atoms with Crippen LogP contribution in [0.2, 0.25) is 0 Å². The molecule has 1 fully saturated rings. The Bertz CT molecular complexity index is 542. The lowest BCUT2D eigenvalue weighted by atomic mass is 9.93. The number of thiazole rings is 1. The average molecular weight is 289 g/mol. The van der Waals surface area contributed by atoms with Gasteiger partial charge in [-0.15, -0.1) is 11.3 Å². The molecule has 3 heterocycles. The lowest BCUT2D eigenvalue weighted by molar-refractivity contribution is 0.165. The summed E-state index contributed by atoms with van der Waals surface area (Å²) in [6.07, 6.45) is 6.77. The summed E-state index contributed by atoms with van der Waals surface area (Å²) in [5.41, 5.74) is 9.90. The normalized spacial score (nSPS) is 20.1. The van der Waals surface area contributed by atoms with Crippen LogP contribution in [0.3, 0.4) is 0 Å². The molecular formula is C14H19N5S. The van der Waals surface area contributed by atoms with Crippen molar-refractivity contribution in [2.75, 3.05) is 18.8 Å². The lowest BCUT2D eigenvalue weighted by Crippen LogP contribution is -2.36. The number of piperidine rings is 1. The number of aromatic nitrogens is 3. The van der Waals surface area contributed by atoms with Crippen LogP contribution in [0.5, 0.6) is 0 Å². The van der Waals surface area contributed by atoms with Crippen LogP contribution in [-0.2, 0) is 13.0 Å². The molecule has 1 aliphatic heterocycles. The van der Waals surface area contributed by atoms with Crippen molar-refractivity contribution in [3.63, 3.8) is 0 Å². The first-order chi connectivity index (χ1) is 9.81. The second kappa shape index (κ2) is 6.28. The van der Waals surface area contributed by atoms with Gasteiger partial charge in [-0.1, -0.05) is 0 Å². The van der Waals surface area contributed by atoms with Crippen molar-refractivity contribution in [2.24, 2.45) is 5.92 Å². The summed E-state index contributed by atoms with van der Waals surface area (Å²) in [6.45, 7) is 3.20. The standard InChI is InChI=1S/C14H19N5S/c15-14-13(16-3-4-17-14)6-11-2-1-5-19(7-11)8-12-9-20-10-18-12/h3-4,9-11H,1-2,5-8H2,(H2,15,17)/t11-/m1/s1. The monoisotopic (exact) mass is 289 g/mol. The fraction of sp³-hybridized carbons (Fsp3) is 0.500. The third-order valence-electron chi connectivity index (χ3n) is 3.76. The van der Waals surface area contributed by atoms with Gasteiger partial charge in [0.1, 0.15) is 5.82 Å². The maximum absolute atomic E-state index is 5.89.